The molecule has 0 aromatic carbocycles. The Morgan fingerprint density at radius 1 is 1.50 bits per heavy atom. The van der Waals surface area contributed by atoms with Gasteiger partial charge < -0.3 is 15.4 Å². The highest BCUT2D eigenvalue weighted by atomic mass is 35.5. The Labute approximate surface area is 108 Å². The fourth-order valence-electron chi connectivity index (χ4n) is 1.57. The van der Waals surface area contributed by atoms with Crippen LogP contribution in [-0.2, 0) is 4.79 Å². The molecule has 0 amide bonds. The number of aromatic nitrogens is 4. The van der Waals surface area contributed by atoms with Crippen LogP contribution in [0.5, 0.6) is 0 Å². The monoisotopic (exact) mass is 269 g/mol. The molecule has 0 bridgehead atoms. The predicted octanol–water partition coefficient (Wildman–Crippen LogP) is 1.53. The van der Waals surface area contributed by atoms with Crippen molar-refractivity contribution in [2.45, 2.75) is 19.9 Å². The van der Waals surface area contributed by atoms with E-state index in [2.05, 4.69) is 25.3 Å². The van der Waals surface area contributed by atoms with Gasteiger partial charge in [0.15, 0.2) is 11.5 Å². The quantitative estimate of drug-likeness (QED) is 0.727. The summed E-state index contributed by atoms with van der Waals surface area (Å²) in [6.07, 6.45) is 1.45. The van der Waals surface area contributed by atoms with E-state index in [1.165, 1.54) is 6.33 Å². The number of halogens is 1. The molecule has 0 saturated heterocycles. The van der Waals surface area contributed by atoms with Crippen LogP contribution in [0.1, 0.15) is 13.8 Å². The second kappa shape index (κ2) is 4.77. The number of fused-ring (bicyclic) bond motifs is 1. The van der Waals surface area contributed by atoms with Crippen molar-refractivity contribution in [3.8, 4) is 0 Å². The van der Waals surface area contributed by atoms with Gasteiger partial charge in [-0.15, -0.1) is 0 Å². The number of carboxylic acid groups (broad SMARTS) is 1. The summed E-state index contributed by atoms with van der Waals surface area (Å²) >= 11 is 5.76. The molecule has 18 heavy (non-hydrogen) atoms. The molecule has 2 rings (SSSR count). The molecule has 2 heterocycles. The Morgan fingerprint density at radius 2 is 2.22 bits per heavy atom. The van der Waals surface area contributed by atoms with Crippen LogP contribution >= 0.6 is 11.6 Å². The van der Waals surface area contributed by atoms with Crippen LogP contribution in [0.2, 0.25) is 5.28 Å². The molecule has 2 aromatic rings. The lowest BCUT2D eigenvalue weighted by Crippen LogP contribution is -2.34. The molecular weight excluding hydrogens is 258 g/mol. The zero-order valence-electron chi connectivity index (χ0n) is 9.81. The minimum absolute atomic E-state index is 0.0185. The van der Waals surface area contributed by atoms with E-state index < -0.39 is 12.0 Å². The Balaban J connectivity index is 2.41. The Hall–Kier alpha value is -1.89. The molecule has 0 aliphatic heterocycles. The normalized spacial score (nSPS) is 12.9. The molecule has 0 saturated carbocycles. The zero-order chi connectivity index (χ0) is 13.3. The highest BCUT2D eigenvalue weighted by Crippen LogP contribution is 2.20. The second-order valence-corrected chi connectivity index (χ2v) is 4.48. The lowest BCUT2D eigenvalue weighted by Gasteiger charge is -2.18. The lowest BCUT2D eigenvalue weighted by molar-refractivity contribution is -0.138. The molecule has 0 aliphatic rings. The smallest absolute Gasteiger partial charge is 0.326 e. The van der Waals surface area contributed by atoms with Crippen LogP contribution in [0.4, 0.5) is 5.82 Å². The molecule has 7 nitrogen and oxygen atoms in total. The highest BCUT2D eigenvalue weighted by Gasteiger charge is 2.23. The SMILES string of the molecule is CC(C)[C@H](Nc1nc(Cl)nc2nc[nH]c12)C(=O)O. The van der Waals surface area contributed by atoms with Gasteiger partial charge in [0.05, 0.1) is 6.33 Å². The maximum Gasteiger partial charge on any atom is 0.326 e. The third-order valence-corrected chi connectivity index (χ3v) is 2.65. The van der Waals surface area contributed by atoms with Gasteiger partial charge in [-0.05, 0) is 17.5 Å². The molecule has 8 heteroatoms. The molecule has 1 atom stereocenters. The molecule has 2 aromatic heterocycles. The third kappa shape index (κ3) is 2.35. The van der Waals surface area contributed by atoms with E-state index in [0.717, 1.165) is 0 Å². The maximum atomic E-state index is 11.1. The van der Waals surface area contributed by atoms with Crippen LogP contribution in [0.25, 0.3) is 11.2 Å². The predicted molar refractivity (Wildman–Crippen MR) is 66.6 cm³/mol. The van der Waals surface area contributed by atoms with Crippen molar-refractivity contribution in [3.63, 3.8) is 0 Å². The minimum atomic E-state index is -0.951. The first kappa shape index (κ1) is 12.6. The van der Waals surface area contributed by atoms with Crippen molar-refractivity contribution >= 4 is 34.6 Å². The number of rotatable bonds is 4. The summed E-state index contributed by atoms with van der Waals surface area (Å²) in [5, 5.41) is 12.0. The number of carbonyl (C=O) groups is 1. The van der Waals surface area contributed by atoms with E-state index in [0.29, 0.717) is 17.0 Å². The van der Waals surface area contributed by atoms with E-state index in [9.17, 15) is 4.79 Å². The van der Waals surface area contributed by atoms with E-state index in [4.69, 9.17) is 16.7 Å². The van der Waals surface area contributed by atoms with Gasteiger partial charge in [-0.3, -0.25) is 0 Å². The number of anilines is 1. The fourth-order valence-corrected chi connectivity index (χ4v) is 1.74. The van der Waals surface area contributed by atoms with Crippen LogP contribution in [-0.4, -0.2) is 37.1 Å². The van der Waals surface area contributed by atoms with Gasteiger partial charge in [0.1, 0.15) is 11.6 Å². The number of H-pyrrole nitrogens is 1. The number of nitrogens with one attached hydrogen (secondary N) is 2. The molecule has 0 unspecified atom stereocenters. The van der Waals surface area contributed by atoms with Gasteiger partial charge >= 0.3 is 5.97 Å². The third-order valence-electron chi connectivity index (χ3n) is 2.48. The van der Waals surface area contributed by atoms with Crippen molar-refractivity contribution in [2.24, 2.45) is 5.92 Å². The van der Waals surface area contributed by atoms with E-state index in [-0.39, 0.29) is 11.2 Å². The van der Waals surface area contributed by atoms with E-state index in [1.54, 1.807) is 13.8 Å². The Bertz CT molecular complexity index is 583. The van der Waals surface area contributed by atoms with Gasteiger partial charge in [-0.25, -0.2) is 9.78 Å². The first-order valence-corrected chi connectivity index (χ1v) is 5.72. The maximum absolute atomic E-state index is 11.1. The van der Waals surface area contributed by atoms with Crippen LogP contribution in [0, 0.1) is 5.92 Å². The van der Waals surface area contributed by atoms with Crippen molar-refractivity contribution in [1.29, 1.82) is 0 Å². The van der Waals surface area contributed by atoms with Crippen molar-refractivity contribution in [2.75, 3.05) is 5.32 Å². The lowest BCUT2D eigenvalue weighted by atomic mass is 10.1. The number of hydrogen-bond acceptors (Lipinski definition) is 5. The highest BCUT2D eigenvalue weighted by molar-refractivity contribution is 6.28. The molecule has 0 radical (unpaired) electrons. The summed E-state index contributed by atoms with van der Waals surface area (Å²) in [4.78, 5) is 25.9. The Morgan fingerprint density at radius 3 is 2.83 bits per heavy atom. The van der Waals surface area contributed by atoms with Gasteiger partial charge in [0, 0.05) is 0 Å². The van der Waals surface area contributed by atoms with Crippen molar-refractivity contribution < 1.29 is 9.90 Å². The summed E-state index contributed by atoms with van der Waals surface area (Å²) in [7, 11) is 0. The topological polar surface area (TPSA) is 104 Å². The summed E-state index contributed by atoms with van der Waals surface area (Å²) in [5.74, 6) is -0.717. The van der Waals surface area contributed by atoms with Crippen LogP contribution in [0.15, 0.2) is 6.33 Å². The average Bonchev–Trinajstić information content (AvgIpc) is 2.72. The van der Waals surface area contributed by atoms with Gasteiger partial charge in [-0.2, -0.15) is 9.97 Å². The number of imidazole rings is 1. The summed E-state index contributed by atoms with van der Waals surface area (Å²) in [6, 6.07) is -0.762. The Kier molecular flexibility index (Phi) is 3.33. The molecular formula is C10H12ClN5O2. The number of nitrogens with zero attached hydrogens (tertiary/aromatic N) is 3. The molecule has 3 N–H and O–H groups in total. The van der Waals surface area contributed by atoms with Gasteiger partial charge in [0.2, 0.25) is 5.28 Å². The van der Waals surface area contributed by atoms with E-state index >= 15 is 0 Å². The molecule has 0 aliphatic carbocycles. The van der Waals surface area contributed by atoms with Crippen LogP contribution < -0.4 is 5.32 Å². The largest absolute Gasteiger partial charge is 0.480 e. The molecule has 0 fully saturated rings. The summed E-state index contributed by atoms with van der Waals surface area (Å²) in [5.41, 5.74) is 0.927. The fraction of sp³-hybridized carbons (Fsp3) is 0.400. The minimum Gasteiger partial charge on any atom is -0.480 e. The molecule has 0 spiro atoms. The number of hydrogen-bond donors (Lipinski definition) is 3. The van der Waals surface area contributed by atoms with Crippen molar-refractivity contribution in [1.82, 2.24) is 19.9 Å². The standard InChI is InChI=1S/C10H12ClN5O2/c1-4(2)5(9(17)18)14-8-6-7(13-3-12-6)15-10(11)16-8/h3-5H,1-2H3,(H,17,18)(H2,12,13,14,15,16)/t5-/m0/s1. The average molecular weight is 270 g/mol. The van der Waals surface area contributed by atoms with Gasteiger partial charge in [-0.1, -0.05) is 13.8 Å². The first-order chi connectivity index (χ1) is 8.49. The second-order valence-electron chi connectivity index (χ2n) is 4.15. The van der Waals surface area contributed by atoms with Gasteiger partial charge in [0.25, 0.3) is 0 Å². The van der Waals surface area contributed by atoms with E-state index in [1.807, 2.05) is 0 Å². The number of carboxylic acids is 1. The zero-order valence-corrected chi connectivity index (χ0v) is 10.6. The molecule has 96 valence electrons. The van der Waals surface area contributed by atoms with Crippen molar-refractivity contribution in [3.05, 3.63) is 11.6 Å². The number of aliphatic carboxylic acids is 1. The summed E-state index contributed by atoms with van der Waals surface area (Å²) < 4.78 is 0. The van der Waals surface area contributed by atoms with Crippen LogP contribution in [0.3, 0.4) is 0 Å². The first-order valence-electron chi connectivity index (χ1n) is 5.35. The summed E-state index contributed by atoms with van der Waals surface area (Å²) in [6.45, 7) is 3.61. The number of aromatic amines is 1.